The highest BCUT2D eigenvalue weighted by atomic mass is 32.2. The van der Waals surface area contributed by atoms with Crippen molar-refractivity contribution in [2.75, 3.05) is 6.26 Å². The summed E-state index contributed by atoms with van der Waals surface area (Å²) < 4.78 is 34.3. The number of rotatable bonds is 6. The molecule has 1 aromatic heterocycles. The van der Waals surface area contributed by atoms with Crippen molar-refractivity contribution in [3.8, 4) is 5.75 Å². The molecule has 1 atom stereocenters. The van der Waals surface area contributed by atoms with Gasteiger partial charge in [0, 0.05) is 12.3 Å². The molecule has 0 fully saturated rings. The van der Waals surface area contributed by atoms with E-state index in [0.717, 1.165) is 6.26 Å². The van der Waals surface area contributed by atoms with Crippen LogP contribution < -0.4 is 9.81 Å². The van der Waals surface area contributed by atoms with Crippen molar-refractivity contribution in [1.82, 2.24) is 0 Å². The van der Waals surface area contributed by atoms with Gasteiger partial charge in [0.15, 0.2) is 5.75 Å². The Hall–Kier alpha value is -2.93. The largest absolute Gasteiger partial charge is 0.422 e. The van der Waals surface area contributed by atoms with Crippen molar-refractivity contribution in [3.05, 3.63) is 76.1 Å². The molecule has 0 N–H and O–H groups in total. The van der Waals surface area contributed by atoms with Crippen molar-refractivity contribution in [1.29, 1.82) is 0 Å². The predicted molar refractivity (Wildman–Crippen MR) is 102 cm³/mol. The summed E-state index contributed by atoms with van der Waals surface area (Å²) in [6, 6.07) is 15.4. The molecular formula is C20H18O6S. The third kappa shape index (κ3) is 4.25. The molecule has 0 aliphatic carbocycles. The van der Waals surface area contributed by atoms with Crippen LogP contribution in [0.2, 0.25) is 0 Å². The molecule has 0 aliphatic heterocycles. The topological polar surface area (TPSA) is 90.7 Å². The molecule has 3 aromatic rings. The van der Waals surface area contributed by atoms with Gasteiger partial charge in [-0.05, 0) is 24.6 Å². The molecular weight excluding hydrogens is 368 g/mol. The fourth-order valence-electron chi connectivity index (χ4n) is 3.04. The minimum absolute atomic E-state index is 0.00718. The van der Waals surface area contributed by atoms with Gasteiger partial charge < -0.3 is 8.60 Å². The van der Waals surface area contributed by atoms with Gasteiger partial charge in [0.05, 0.1) is 17.2 Å². The zero-order chi connectivity index (χ0) is 19.6. The molecule has 27 heavy (non-hydrogen) atoms. The van der Waals surface area contributed by atoms with E-state index in [2.05, 4.69) is 0 Å². The second-order valence-electron chi connectivity index (χ2n) is 6.29. The van der Waals surface area contributed by atoms with Crippen LogP contribution in [-0.2, 0) is 14.9 Å². The van der Waals surface area contributed by atoms with E-state index in [1.165, 1.54) is 6.92 Å². The number of ketones is 1. The van der Waals surface area contributed by atoms with Crippen molar-refractivity contribution in [3.63, 3.8) is 0 Å². The third-order valence-electron chi connectivity index (χ3n) is 4.08. The lowest BCUT2D eigenvalue weighted by Gasteiger charge is -2.19. The van der Waals surface area contributed by atoms with E-state index in [0.29, 0.717) is 10.9 Å². The van der Waals surface area contributed by atoms with Gasteiger partial charge in [-0.25, -0.2) is 4.79 Å². The number of Topliss-reactive ketones (excluding diaryl/α,β-unsaturated/α-hetero) is 1. The highest BCUT2D eigenvalue weighted by molar-refractivity contribution is 7.86. The lowest BCUT2D eigenvalue weighted by molar-refractivity contribution is -0.117. The van der Waals surface area contributed by atoms with E-state index in [1.54, 1.807) is 48.5 Å². The lowest BCUT2D eigenvalue weighted by Crippen LogP contribution is -2.20. The van der Waals surface area contributed by atoms with Gasteiger partial charge in [0.1, 0.15) is 11.4 Å². The van der Waals surface area contributed by atoms with Gasteiger partial charge >= 0.3 is 15.7 Å². The van der Waals surface area contributed by atoms with E-state index >= 15 is 0 Å². The molecule has 0 radical (unpaired) electrons. The number of fused-ring (bicyclic) bond motifs is 1. The second kappa shape index (κ2) is 7.36. The zero-order valence-electron chi connectivity index (χ0n) is 14.8. The van der Waals surface area contributed by atoms with Gasteiger partial charge in [-0.1, -0.05) is 42.5 Å². The maximum Gasteiger partial charge on any atom is 0.343 e. The van der Waals surface area contributed by atoms with Crippen LogP contribution in [0.4, 0.5) is 0 Å². The number of benzene rings is 2. The number of hydrogen-bond donors (Lipinski definition) is 0. The van der Waals surface area contributed by atoms with Gasteiger partial charge in [0.2, 0.25) is 0 Å². The van der Waals surface area contributed by atoms with Crippen molar-refractivity contribution >= 4 is 26.9 Å². The first kappa shape index (κ1) is 18.8. The van der Waals surface area contributed by atoms with E-state index in [-0.39, 0.29) is 29.1 Å². The standard InChI is InChI=1S/C20H18O6S/c1-13(21)12-16(14-8-4-3-5-9-14)18-19(26-27(2,23)24)15-10-6-7-11-17(15)25-20(18)22/h3-11,16H,12H2,1-2H3. The first-order valence-electron chi connectivity index (χ1n) is 8.26. The molecule has 0 bridgehead atoms. The van der Waals surface area contributed by atoms with Crippen LogP contribution in [0.3, 0.4) is 0 Å². The highest BCUT2D eigenvalue weighted by Gasteiger charge is 2.28. The van der Waals surface area contributed by atoms with Crippen LogP contribution in [0.25, 0.3) is 11.0 Å². The molecule has 0 aliphatic rings. The summed E-state index contributed by atoms with van der Waals surface area (Å²) in [5.41, 5.74) is 0.177. The monoisotopic (exact) mass is 386 g/mol. The Morgan fingerprint density at radius 2 is 1.70 bits per heavy atom. The van der Waals surface area contributed by atoms with Gasteiger partial charge in [-0.2, -0.15) is 8.42 Å². The molecule has 6 nitrogen and oxygen atoms in total. The van der Waals surface area contributed by atoms with Gasteiger partial charge in [0.25, 0.3) is 0 Å². The van der Waals surface area contributed by atoms with Crippen LogP contribution in [0.5, 0.6) is 5.75 Å². The number of hydrogen-bond acceptors (Lipinski definition) is 6. The quantitative estimate of drug-likeness (QED) is 0.477. The summed E-state index contributed by atoms with van der Waals surface area (Å²) in [5, 5.41) is 0.349. The van der Waals surface area contributed by atoms with E-state index < -0.39 is 21.7 Å². The van der Waals surface area contributed by atoms with Crippen LogP contribution in [-0.4, -0.2) is 20.5 Å². The summed E-state index contributed by atoms with van der Waals surface area (Å²) in [5.74, 6) is -0.942. The highest BCUT2D eigenvalue weighted by Crippen LogP contribution is 2.37. The van der Waals surface area contributed by atoms with Crippen molar-refractivity contribution < 1.29 is 21.8 Å². The van der Waals surface area contributed by atoms with E-state index in [1.807, 2.05) is 6.07 Å². The normalized spacial score (nSPS) is 12.7. The average Bonchev–Trinajstić information content (AvgIpc) is 2.60. The molecule has 0 amide bonds. The van der Waals surface area contributed by atoms with Crippen LogP contribution in [0.1, 0.15) is 30.4 Å². The summed E-state index contributed by atoms with van der Waals surface area (Å²) in [4.78, 5) is 24.7. The number of carbonyl (C=O) groups is 1. The molecule has 1 heterocycles. The molecule has 0 saturated carbocycles. The van der Waals surface area contributed by atoms with Crippen LogP contribution in [0.15, 0.2) is 63.8 Å². The van der Waals surface area contributed by atoms with Crippen molar-refractivity contribution in [2.24, 2.45) is 0 Å². The van der Waals surface area contributed by atoms with Crippen LogP contribution in [0, 0.1) is 0 Å². The predicted octanol–water partition coefficient (Wildman–Crippen LogP) is 3.24. The second-order valence-corrected chi connectivity index (χ2v) is 7.86. The molecule has 0 spiro atoms. The minimum atomic E-state index is -3.92. The number of para-hydroxylation sites is 1. The smallest absolute Gasteiger partial charge is 0.343 e. The van der Waals surface area contributed by atoms with Gasteiger partial charge in [-0.15, -0.1) is 0 Å². The summed E-state index contributed by atoms with van der Waals surface area (Å²) in [7, 11) is -3.92. The summed E-state index contributed by atoms with van der Waals surface area (Å²) in [6.07, 6.45) is 0.913. The minimum Gasteiger partial charge on any atom is -0.422 e. The molecule has 140 valence electrons. The number of carbonyl (C=O) groups excluding carboxylic acids is 1. The third-order valence-corrected chi connectivity index (χ3v) is 4.54. The first-order chi connectivity index (χ1) is 12.8. The molecule has 0 saturated heterocycles. The molecule has 3 rings (SSSR count). The molecule has 1 unspecified atom stereocenters. The Morgan fingerprint density at radius 1 is 1.07 bits per heavy atom. The molecule has 7 heteroatoms. The van der Waals surface area contributed by atoms with Gasteiger partial charge in [-0.3, -0.25) is 4.79 Å². The Kier molecular flexibility index (Phi) is 5.14. The Bertz CT molecular complexity index is 1150. The van der Waals surface area contributed by atoms with E-state index in [4.69, 9.17) is 8.60 Å². The first-order valence-corrected chi connectivity index (χ1v) is 10.1. The Labute approximate surface area is 156 Å². The summed E-state index contributed by atoms with van der Waals surface area (Å²) >= 11 is 0. The van der Waals surface area contributed by atoms with Crippen molar-refractivity contribution in [2.45, 2.75) is 19.3 Å². The Morgan fingerprint density at radius 3 is 2.33 bits per heavy atom. The fourth-order valence-corrected chi connectivity index (χ4v) is 3.52. The maximum absolute atomic E-state index is 12.8. The maximum atomic E-state index is 12.8. The fraction of sp³-hybridized carbons (Fsp3) is 0.200. The Balaban J connectivity index is 2.36. The lowest BCUT2D eigenvalue weighted by atomic mass is 9.87. The molecule has 2 aromatic carbocycles. The van der Waals surface area contributed by atoms with Crippen LogP contribution >= 0.6 is 0 Å². The zero-order valence-corrected chi connectivity index (χ0v) is 15.7. The average molecular weight is 386 g/mol. The van der Waals surface area contributed by atoms with E-state index in [9.17, 15) is 18.0 Å². The summed E-state index contributed by atoms with van der Waals surface area (Å²) in [6.45, 7) is 1.41. The SMILES string of the molecule is CC(=O)CC(c1ccccc1)c1c(OS(C)(=O)=O)c2ccccc2oc1=O.